The minimum absolute atomic E-state index is 0.836. The molecule has 0 amide bonds. The molecule has 1 aromatic heterocycles. The van der Waals surface area contributed by atoms with Gasteiger partial charge in [0.05, 0.1) is 5.69 Å². The maximum atomic E-state index is 6.90. The van der Waals surface area contributed by atoms with Crippen LogP contribution in [0.15, 0.2) is 176 Å². The van der Waals surface area contributed by atoms with Crippen LogP contribution in [0.25, 0.3) is 64.3 Å². The summed E-state index contributed by atoms with van der Waals surface area (Å²) in [5, 5.41) is 4.99. The van der Waals surface area contributed by atoms with Gasteiger partial charge in [-0.2, -0.15) is 0 Å². The Morgan fingerprint density at radius 3 is 2.00 bits per heavy atom. The lowest BCUT2D eigenvalue weighted by molar-refractivity contribution is 0.488. The van der Waals surface area contributed by atoms with Crippen LogP contribution in [0, 0.1) is 0 Å². The Morgan fingerprint density at radius 1 is 0.408 bits per heavy atom. The molecule has 0 N–H and O–H groups in total. The Hall–Kier alpha value is -6.16. The smallest absolute Gasteiger partial charge is 0.137 e. The second kappa shape index (κ2) is 11.2. The summed E-state index contributed by atoms with van der Waals surface area (Å²) in [5.41, 5.74) is 10.1. The van der Waals surface area contributed by atoms with Gasteiger partial charge in [-0.1, -0.05) is 121 Å². The van der Waals surface area contributed by atoms with Crippen LogP contribution in [0.3, 0.4) is 0 Å². The van der Waals surface area contributed by atoms with Gasteiger partial charge in [0.15, 0.2) is 0 Å². The topological polar surface area (TPSA) is 12.5 Å². The van der Waals surface area contributed by atoms with E-state index < -0.39 is 0 Å². The number of nitrogens with zero attached hydrogens (tertiary/aromatic N) is 1. The average Bonchev–Trinajstić information content (AvgIpc) is 3.46. The van der Waals surface area contributed by atoms with E-state index in [-0.39, 0.29) is 0 Å². The third kappa shape index (κ3) is 4.55. The lowest BCUT2D eigenvalue weighted by Crippen LogP contribution is -2.11. The van der Waals surface area contributed by atoms with Crippen molar-refractivity contribution in [2.75, 3.05) is 4.90 Å². The van der Waals surface area contributed by atoms with Gasteiger partial charge in [-0.3, -0.25) is 0 Å². The normalized spacial score (nSPS) is 11.8. The van der Waals surface area contributed by atoms with E-state index in [0.29, 0.717) is 0 Å². The van der Waals surface area contributed by atoms with E-state index in [1.165, 1.54) is 47.6 Å². The average molecular weight is 644 g/mol. The number of hydrogen-bond donors (Lipinski definition) is 0. The van der Waals surface area contributed by atoms with E-state index in [1.807, 2.05) is 11.3 Å². The molecule has 49 heavy (non-hydrogen) atoms. The standard InChI is InChI=1S/C46H29NOS/c1-2-12-30(13-3-1)34-15-6-9-19-41(34)47(32-24-27-45-40(28-32)37-17-8-11-21-44(37)49-45)33-23-26-36-38-25-22-31-14-4-5-16-35(31)46(38)39-18-7-10-20-42(39)48-43(36)29-33/h1-29H. The fourth-order valence-electron chi connectivity index (χ4n) is 7.43. The van der Waals surface area contributed by atoms with Crippen LogP contribution in [0.5, 0.6) is 11.5 Å². The van der Waals surface area contributed by atoms with Crippen molar-refractivity contribution in [2.24, 2.45) is 0 Å². The van der Waals surface area contributed by atoms with Gasteiger partial charge in [0.1, 0.15) is 11.5 Å². The number of thiophene rings is 1. The summed E-state index contributed by atoms with van der Waals surface area (Å²) in [6.45, 7) is 0. The van der Waals surface area contributed by atoms with Crippen LogP contribution in [0.1, 0.15) is 0 Å². The molecule has 8 aromatic carbocycles. The summed E-state index contributed by atoms with van der Waals surface area (Å²) in [6, 6.07) is 63.1. The molecule has 0 fully saturated rings. The summed E-state index contributed by atoms with van der Waals surface area (Å²) >= 11 is 1.84. The number of ether oxygens (including phenoxy) is 1. The second-order valence-electron chi connectivity index (χ2n) is 12.5. The molecule has 0 saturated carbocycles. The minimum atomic E-state index is 0.836. The van der Waals surface area contributed by atoms with Gasteiger partial charge in [-0.05, 0) is 70.4 Å². The van der Waals surface area contributed by atoms with Crippen molar-refractivity contribution in [2.45, 2.75) is 0 Å². The Morgan fingerprint density at radius 2 is 1.08 bits per heavy atom. The molecule has 10 rings (SSSR count). The number of hydrogen-bond acceptors (Lipinski definition) is 3. The summed E-state index contributed by atoms with van der Waals surface area (Å²) in [5.74, 6) is 1.70. The number of para-hydroxylation sites is 2. The van der Waals surface area contributed by atoms with Crippen LogP contribution < -0.4 is 9.64 Å². The summed E-state index contributed by atoms with van der Waals surface area (Å²) in [4.78, 5) is 2.38. The van der Waals surface area contributed by atoms with Crippen LogP contribution in [-0.2, 0) is 0 Å². The Kier molecular flexibility index (Phi) is 6.39. The van der Waals surface area contributed by atoms with E-state index in [0.717, 1.165) is 45.3 Å². The number of anilines is 3. The van der Waals surface area contributed by atoms with Crippen molar-refractivity contribution < 1.29 is 4.74 Å². The lowest BCUT2D eigenvalue weighted by Gasteiger charge is -2.28. The van der Waals surface area contributed by atoms with E-state index in [9.17, 15) is 0 Å². The molecule has 3 heteroatoms. The van der Waals surface area contributed by atoms with Crippen LogP contribution in [-0.4, -0.2) is 0 Å². The highest BCUT2D eigenvalue weighted by atomic mass is 32.1. The van der Waals surface area contributed by atoms with Crippen molar-refractivity contribution in [1.29, 1.82) is 0 Å². The van der Waals surface area contributed by atoms with Gasteiger partial charge < -0.3 is 9.64 Å². The fraction of sp³-hybridized carbons (Fsp3) is 0. The molecular weight excluding hydrogens is 615 g/mol. The van der Waals surface area contributed by atoms with E-state index in [2.05, 4.69) is 181 Å². The molecule has 2 nitrogen and oxygen atoms in total. The van der Waals surface area contributed by atoms with Crippen molar-refractivity contribution in [3.05, 3.63) is 176 Å². The van der Waals surface area contributed by atoms with Crippen molar-refractivity contribution >= 4 is 59.3 Å². The van der Waals surface area contributed by atoms with Gasteiger partial charge in [0.25, 0.3) is 0 Å². The number of rotatable bonds is 4. The molecule has 0 atom stereocenters. The Balaban J connectivity index is 1.23. The highest BCUT2D eigenvalue weighted by Gasteiger charge is 2.25. The third-order valence-corrected chi connectivity index (χ3v) is 10.8. The molecule has 0 saturated heterocycles. The predicted molar refractivity (Wildman–Crippen MR) is 208 cm³/mol. The first-order chi connectivity index (χ1) is 24.3. The van der Waals surface area contributed by atoms with Gasteiger partial charge in [0, 0.05) is 59.9 Å². The Labute approximate surface area is 288 Å². The molecule has 2 heterocycles. The van der Waals surface area contributed by atoms with E-state index in [4.69, 9.17) is 4.74 Å². The molecule has 0 aliphatic carbocycles. The first-order valence-corrected chi connectivity index (χ1v) is 17.4. The summed E-state index contributed by atoms with van der Waals surface area (Å²) < 4.78 is 9.49. The van der Waals surface area contributed by atoms with Gasteiger partial charge in [-0.15, -0.1) is 11.3 Å². The number of benzene rings is 8. The second-order valence-corrected chi connectivity index (χ2v) is 13.6. The quantitative estimate of drug-likeness (QED) is 0.189. The van der Waals surface area contributed by atoms with Gasteiger partial charge >= 0.3 is 0 Å². The largest absolute Gasteiger partial charge is 0.456 e. The van der Waals surface area contributed by atoms with Crippen LogP contribution >= 0.6 is 11.3 Å². The summed E-state index contributed by atoms with van der Waals surface area (Å²) in [6.07, 6.45) is 0. The highest BCUT2D eigenvalue weighted by Crippen LogP contribution is 2.51. The zero-order chi connectivity index (χ0) is 32.3. The van der Waals surface area contributed by atoms with E-state index in [1.54, 1.807) is 0 Å². The molecule has 9 aromatic rings. The predicted octanol–water partition coefficient (Wildman–Crippen LogP) is 13.8. The molecule has 1 aliphatic rings. The van der Waals surface area contributed by atoms with Gasteiger partial charge in [0.2, 0.25) is 0 Å². The lowest BCUT2D eigenvalue weighted by atomic mass is 9.89. The van der Waals surface area contributed by atoms with Crippen molar-refractivity contribution in [1.82, 2.24) is 0 Å². The molecule has 0 spiro atoms. The highest BCUT2D eigenvalue weighted by molar-refractivity contribution is 7.25. The minimum Gasteiger partial charge on any atom is -0.456 e. The third-order valence-electron chi connectivity index (χ3n) is 9.67. The SMILES string of the molecule is c1ccc(-c2ccccc2N(c2ccc3c(c2)Oc2ccccc2-c2c-3ccc3ccccc23)c2ccc3sc4ccccc4c3c2)cc1. The molecule has 1 aliphatic heterocycles. The first kappa shape index (κ1) is 27.9. The fourth-order valence-corrected chi connectivity index (χ4v) is 8.52. The van der Waals surface area contributed by atoms with E-state index >= 15 is 0 Å². The molecular formula is C46H29NOS. The van der Waals surface area contributed by atoms with Crippen molar-refractivity contribution in [3.8, 4) is 44.9 Å². The summed E-state index contributed by atoms with van der Waals surface area (Å²) in [7, 11) is 0. The molecule has 230 valence electrons. The first-order valence-electron chi connectivity index (χ1n) is 16.6. The van der Waals surface area contributed by atoms with Crippen molar-refractivity contribution in [3.63, 3.8) is 0 Å². The molecule has 0 unspecified atom stereocenters. The zero-order valence-electron chi connectivity index (χ0n) is 26.5. The maximum absolute atomic E-state index is 6.90. The van der Waals surface area contributed by atoms with Gasteiger partial charge in [-0.25, -0.2) is 0 Å². The monoisotopic (exact) mass is 643 g/mol. The molecule has 0 bridgehead atoms. The van der Waals surface area contributed by atoms with Crippen LogP contribution in [0.4, 0.5) is 17.1 Å². The number of fused-ring (bicyclic) bond motifs is 10. The zero-order valence-corrected chi connectivity index (χ0v) is 27.3. The van der Waals surface area contributed by atoms with Crippen LogP contribution in [0.2, 0.25) is 0 Å². The maximum Gasteiger partial charge on any atom is 0.137 e. The Bertz CT molecular complexity index is 2710. The molecule has 0 radical (unpaired) electrons.